The van der Waals surface area contributed by atoms with Crippen molar-refractivity contribution in [3.8, 4) is 5.75 Å². The van der Waals surface area contributed by atoms with E-state index in [0.717, 1.165) is 6.07 Å². The Morgan fingerprint density at radius 2 is 1.86 bits per heavy atom. The number of para-hydroxylation sites is 2. The molecule has 0 aliphatic heterocycles. The first kappa shape index (κ1) is 10.6. The second kappa shape index (κ2) is 3.75. The van der Waals surface area contributed by atoms with Crippen molar-refractivity contribution in [3.63, 3.8) is 0 Å². The second-order valence-electron chi connectivity index (χ2n) is 2.54. The number of benzene rings is 1. The van der Waals surface area contributed by atoms with Gasteiger partial charge < -0.3 is 4.74 Å². The number of rotatable bonds is 2. The van der Waals surface area contributed by atoms with Crippen LogP contribution in [0.1, 0.15) is 0 Å². The Labute approximate surface area is 78.3 Å². The van der Waals surface area contributed by atoms with E-state index in [1.165, 1.54) is 25.2 Å². The number of alkyl halides is 3. The summed E-state index contributed by atoms with van der Waals surface area (Å²) in [6.45, 7) is 0. The zero-order valence-electron chi connectivity index (χ0n) is 7.25. The van der Waals surface area contributed by atoms with Gasteiger partial charge in [0, 0.05) is 7.05 Å². The number of nitrogens with zero attached hydrogens (tertiary/aromatic N) is 1. The van der Waals surface area contributed by atoms with E-state index < -0.39 is 12.1 Å². The summed E-state index contributed by atoms with van der Waals surface area (Å²) in [5.41, 5.74) is -0.0511. The van der Waals surface area contributed by atoms with Gasteiger partial charge in [0.2, 0.25) is 0 Å². The van der Waals surface area contributed by atoms with Crippen LogP contribution in [0.2, 0.25) is 0 Å². The quantitative estimate of drug-likeness (QED) is 0.756. The molecule has 1 aromatic carbocycles. The molecule has 1 N–H and O–H groups in total. The Bertz CT molecular complexity index is 312. The maximum absolute atomic E-state index is 11.9. The van der Waals surface area contributed by atoms with Crippen LogP contribution in [0.5, 0.6) is 5.75 Å². The minimum absolute atomic E-state index is 0.0511. The molecule has 0 aliphatic rings. The zero-order chi connectivity index (χ0) is 10.8. The lowest BCUT2D eigenvalue weighted by atomic mass is 10.3. The third-order valence-electron chi connectivity index (χ3n) is 1.44. The first-order valence-corrected chi connectivity index (χ1v) is 3.67. The Morgan fingerprint density at radius 1 is 1.29 bits per heavy atom. The first-order valence-electron chi connectivity index (χ1n) is 3.67. The van der Waals surface area contributed by atoms with Crippen molar-refractivity contribution in [2.24, 2.45) is 0 Å². The van der Waals surface area contributed by atoms with E-state index in [2.05, 4.69) is 4.74 Å². The number of anilines is 1. The van der Waals surface area contributed by atoms with Crippen LogP contribution >= 0.6 is 0 Å². The number of hydrogen-bond acceptors (Lipinski definition) is 3. The van der Waals surface area contributed by atoms with E-state index in [1.807, 2.05) is 0 Å². The van der Waals surface area contributed by atoms with Crippen LogP contribution in [0.3, 0.4) is 0 Å². The van der Waals surface area contributed by atoms with Crippen LogP contribution in [-0.4, -0.2) is 18.6 Å². The van der Waals surface area contributed by atoms with Crippen molar-refractivity contribution in [1.82, 2.24) is 0 Å². The van der Waals surface area contributed by atoms with E-state index in [9.17, 15) is 13.2 Å². The average molecular weight is 207 g/mol. The molecule has 1 aromatic rings. The molecule has 14 heavy (non-hydrogen) atoms. The zero-order valence-corrected chi connectivity index (χ0v) is 7.25. The average Bonchev–Trinajstić information content (AvgIpc) is 2.01. The molecule has 0 aromatic heterocycles. The third-order valence-corrected chi connectivity index (χ3v) is 1.44. The van der Waals surface area contributed by atoms with Crippen LogP contribution in [-0.2, 0) is 0 Å². The molecular formula is C8H8F3NO2. The van der Waals surface area contributed by atoms with Crippen LogP contribution in [0, 0.1) is 0 Å². The predicted octanol–water partition coefficient (Wildman–Crippen LogP) is 2.41. The van der Waals surface area contributed by atoms with Gasteiger partial charge in [0.1, 0.15) is 5.69 Å². The van der Waals surface area contributed by atoms with Crippen molar-refractivity contribution in [1.29, 1.82) is 0 Å². The fourth-order valence-corrected chi connectivity index (χ4v) is 0.935. The van der Waals surface area contributed by atoms with Crippen molar-refractivity contribution in [2.45, 2.75) is 6.36 Å². The SMILES string of the molecule is CN(O)c1ccccc1OC(F)(F)F. The molecule has 78 valence electrons. The van der Waals surface area contributed by atoms with Gasteiger partial charge in [-0.15, -0.1) is 13.2 Å². The summed E-state index contributed by atoms with van der Waals surface area (Å²) in [6, 6.07) is 5.30. The summed E-state index contributed by atoms with van der Waals surface area (Å²) in [7, 11) is 1.21. The number of ether oxygens (including phenoxy) is 1. The highest BCUT2D eigenvalue weighted by Gasteiger charge is 2.32. The van der Waals surface area contributed by atoms with E-state index in [4.69, 9.17) is 5.21 Å². The molecule has 0 unspecified atom stereocenters. The molecule has 0 spiro atoms. The topological polar surface area (TPSA) is 32.7 Å². The minimum Gasteiger partial charge on any atom is -0.403 e. The smallest absolute Gasteiger partial charge is 0.403 e. The summed E-state index contributed by atoms with van der Waals surface area (Å²) in [4.78, 5) is 0. The third kappa shape index (κ3) is 2.81. The van der Waals surface area contributed by atoms with Gasteiger partial charge in [-0.2, -0.15) is 0 Å². The van der Waals surface area contributed by atoms with Gasteiger partial charge in [-0.25, -0.2) is 0 Å². The summed E-state index contributed by atoms with van der Waals surface area (Å²) < 4.78 is 39.3. The fraction of sp³-hybridized carbons (Fsp3) is 0.250. The second-order valence-corrected chi connectivity index (χ2v) is 2.54. The van der Waals surface area contributed by atoms with Crippen molar-refractivity contribution in [2.75, 3.05) is 12.1 Å². The maximum atomic E-state index is 11.9. The Morgan fingerprint density at radius 3 is 2.36 bits per heavy atom. The Hall–Kier alpha value is -1.43. The normalized spacial score (nSPS) is 11.2. The molecule has 3 nitrogen and oxygen atoms in total. The van der Waals surface area contributed by atoms with Gasteiger partial charge in [0.05, 0.1) is 0 Å². The molecule has 0 fully saturated rings. The van der Waals surface area contributed by atoms with Gasteiger partial charge in [-0.1, -0.05) is 12.1 Å². The molecule has 0 heterocycles. The standard InChI is InChI=1S/C8H8F3NO2/c1-12(13)6-4-2-3-5-7(6)14-8(9,10)11/h2-5,13H,1H3. The number of hydrogen-bond donors (Lipinski definition) is 1. The molecule has 1 rings (SSSR count). The lowest BCUT2D eigenvalue weighted by Crippen LogP contribution is -2.20. The maximum Gasteiger partial charge on any atom is 0.573 e. The largest absolute Gasteiger partial charge is 0.573 e. The van der Waals surface area contributed by atoms with E-state index >= 15 is 0 Å². The summed E-state index contributed by atoms with van der Waals surface area (Å²) in [6.07, 6.45) is -4.76. The predicted molar refractivity (Wildman–Crippen MR) is 43.3 cm³/mol. The highest BCUT2D eigenvalue weighted by Crippen LogP contribution is 2.31. The Kier molecular flexibility index (Phi) is 2.85. The molecule has 0 radical (unpaired) electrons. The van der Waals surface area contributed by atoms with E-state index in [0.29, 0.717) is 5.06 Å². The van der Waals surface area contributed by atoms with Gasteiger partial charge >= 0.3 is 6.36 Å². The van der Waals surface area contributed by atoms with Crippen molar-refractivity contribution in [3.05, 3.63) is 24.3 Å². The summed E-state index contributed by atoms with van der Waals surface area (Å²) >= 11 is 0. The van der Waals surface area contributed by atoms with Crippen molar-refractivity contribution >= 4 is 5.69 Å². The molecule has 0 atom stereocenters. The minimum atomic E-state index is -4.76. The van der Waals surface area contributed by atoms with Crippen LogP contribution in [0.25, 0.3) is 0 Å². The number of hydroxylamine groups is 1. The molecular weight excluding hydrogens is 199 g/mol. The van der Waals surface area contributed by atoms with E-state index in [1.54, 1.807) is 0 Å². The van der Waals surface area contributed by atoms with E-state index in [-0.39, 0.29) is 5.69 Å². The molecule has 0 saturated heterocycles. The van der Waals surface area contributed by atoms with Crippen LogP contribution < -0.4 is 9.80 Å². The number of halogens is 3. The molecule has 0 aliphatic carbocycles. The van der Waals surface area contributed by atoms with Gasteiger partial charge in [0.25, 0.3) is 0 Å². The first-order chi connectivity index (χ1) is 6.40. The fourth-order valence-electron chi connectivity index (χ4n) is 0.935. The monoisotopic (exact) mass is 207 g/mol. The van der Waals surface area contributed by atoms with Gasteiger partial charge in [-0.3, -0.25) is 10.3 Å². The summed E-state index contributed by atoms with van der Waals surface area (Å²) in [5.74, 6) is -0.440. The van der Waals surface area contributed by atoms with Gasteiger partial charge in [0.15, 0.2) is 5.75 Å². The highest BCUT2D eigenvalue weighted by molar-refractivity contribution is 5.55. The highest BCUT2D eigenvalue weighted by atomic mass is 19.4. The van der Waals surface area contributed by atoms with Crippen LogP contribution in [0.15, 0.2) is 24.3 Å². The lowest BCUT2D eigenvalue weighted by molar-refractivity contribution is -0.274. The lowest BCUT2D eigenvalue weighted by Gasteiger charge is -2.16. The van der Waals surface area contributed by atoms with Crippen molar-refractivity contribution < 1.29 is 23.1 Å². The molecule has 0 amide bonds. The van der Waals surface area contributed by atoms with Gasteiger partial charge in [-0.05, 0) is 12.1 Å². The summed E-state index contributed by atoms with van der Waals surface area (Å²) in [5, 5.41) is 9.54. The molecule has 0 bridgehead atoms. The van der Waals surface area contributed by atoms with Crippen LogP contribution in [0.4, 0.5) is 18.9 Å². The molecule has 6 heteroatoms. The Balaban J connectivity index is 2.96. The molecule has 0 saturated carbocycles.